The molecular formula is C69H76ClFN12O3S3. The van der Waals surface area contributed by atoms with Crippen molar-refractivity contribution < 1.29 is 18.8 Å². The molecule has 12 rings (SSSR count). The van der Waals surface area contributed by atoms with Crippen molar-refractivity contribution in [3.05, 3.63) is 189 Å². The number of carbonyl (C=O) groups excluding carboxylic acids is 3. The number of hydrogen-bond acceptors (Lipinski definition) is 15. The van der Waals surface area contributed by atoms with Gasteiger partial charge in [0.05, 0.1) is 17.1 Å². The number of thiophene rings is 3. The molecule has 0 radical (unpaired) electrons. The summed E-state index contributed by atoms with van der Waals surface area (Å²) in [5.74, 6) is 4.65. The molecule has 89 heavy (non-hydrogen) atoms. The predicted molar refractivity (Wildman–Crippen MR) is 357 cm³/mol. The minimum absolute atomic E-state index is 0.111. The number of aliphatic imine (C=N–C) groups is 3. The lowest BCUT2D eigenvalue weighted by molar-refractivity contribution is -0.127. The first-order valence-corrected chi connectivity index (χ1v) is 32.6. The molecule has 0 bridgehead atoms. The van der Waals surface area contributed by atoms with E-state index in [0.717, 1.165) is 100 Å². The van der Waals surface area contributed by atoms with E-state index in [0.29, 0.717) is 17.3 Å². The zero-order valence-corrected chi connectivity index (χ0v) is 57.1. The van der Waals surface area contributed by atoms with Gasteiger partial charge in [0.2, 0.25) is 0 Å². The van der Waals surface area contributed by atoms with Crippen molar-refractivity contribution in [2.45, 2.75) is 162 Å². The summed E-state index contributed by atoms with van der Waals surface area (Å²) in [5.41, 5.74) is 10.8. The second-order valence-corrected chi connectivity index (χ2v) is 30.3. The number of ketones is 3. The van der Waals surface area contributed by atoms with E-state index in [2.05, 4.69) is 93.4 Å². The average molecular weight is 1270 g/mol. The Morgan fingerprint density at radius 3 is 1.00 bits per heavy atom. The largest absolute Gasteiger partial charge is 0.299 e. The Labute approximate surface area is 537 Å². The van der Waals surface area contributed by atoms with Crippen LogP contribution in [0, 0.1) is 84.4 Å². The van der Waals surface area contributed by atoms with Crippen LogP contribution < -0.4 is 0 Å². The number of aryl methyl sites for hydroxylation is 6. The third-order valence-corrected chi connectivity index (χ3v) is 20.5. The summed E-state index contributed by atoms with van der Waals surface area (Å²) in [7, 11) is 0. The fourth-order valence-corrected chi connectivity index (χ4v) is 14.6. The molecule has 0 saturated heterocycles. The molecule has 0 amide bonds. The second-order valence-electron chi connectivity index (χ2n) is 26.2. The summed E-state index contributed by atoms with van der Waals surface area (Å²) < 4.78 is 19.8. The minimum Gasteiger partial charge on any atom is -0.299 e. The van der Waals surface area contributed by atoms with Gasteiger partial charge in [-0.1, -0.05) is 116 Å². The number of aromatic nitrogens is 9. The van der Waals surface area contributed by atoms with Crippen LogP contribution in [0.4, 0.5) is 4.39 Å². The first-order valence-electron chi connectivity index (χ1n) is 29.8. The van der Waals surface area contributed by atoms with Crippen molar-refractivity contribution in [1.29, 1.82) is 0 Å². The van der Waals surface area contributed by atoms with Crippen LogP contribution in [0.25, 0.3) is 15.0 Å². The molecule has 3 aliphatic rings. The average Bonchev–Trinajstić information content (AvgIpc) is 1.63. The highest BCUT2D eigenvalue weighted by Gasteiger charge is 2.38. The monoisotopic (exact) mass is 1270 g/mol. The highest BCUT2D eigenvalue weighted by molar-refractivity contribution is 7.15. The molecule has 0 fully saturated rings. The third-order valence-electron chi connectivity index (χ3n) is 16.6. The van der Waals surface area contributed by atoms with Crippen LogP contribution in [0.5, 0.6) is 0 Å². The molecule has 15 nitrogen and oxygen atoms in total. The van der Waals surface area contributed by atoms with Gasteiger partial charge in [0.1, 0.15) is 73.8 Å². The van der Waals surface area contributed by atoms with Crippen LogP contribution in [0.3, 0.4) is 0 Å². The molecule has 0 saturated carbocycles. The molecule has 0 spiro atoms. The van der Waals surface area contributed by atoms with Crippen LogP contribution >= 0.6 is 45.6 Å². The molecule has 0 aliphatic carbocycles. The number of benzene rings is 3. The van der Waals surface area contributed by atoms with E-state index in [1.807, 2.05) is 130 Å². The number of rotatable bonds is 9. The van der Waals surface area contributed by atoms with Crippen molar-refractivity contribution in [1.82, 2.24) is 44.3 Å². The van der Waals surface area contributed by atoms with Gasteiger partial charge in [0.25, 0.3) is 0 Å². The minimum atomic E-state index is -0.477. The zero-order chi connectivity index (χ0) is 64.5. The van der Waals surface area contributed by atoms with Crippen LogP contribution in [0.2, 0.25) is 5.02 Å². The van der Waals surface area contributed by atoms with Crippen LogP contribution in [-0.2, 0) is 14.4 Å². The fraction of sp³-hybridized carbons (Fsp3) is 0.391. The Balaban J connectivity index is 0.000000147. The summed E-state index contributed by atoms with van der Waals surface area (Å²) >= 11 is 11.2. The summed E-state index contributed by atoms with van der Waals surface area (Å²) in [4.78, 5) is 57.8. The Morgan fingerprint density at radius 2 is 0.708 bits per heavy atom. The van der Waals surface area contributed by atoms with Gasteiger partial charge < -0.3 is 0 Å². The van der Waals surface area contributed by atoms with E-state index in [-0.39, 0.29) is 42.1 Å². The first-order chi connectivity index (χ1) is 41.8. The van der Waals surface area contributed by atoms with E-state index in [4.69, 9.17) is 26.6 Å². The number of fused-ring (bicyclic) bond motifs is 9. The molecule has 462 valence electrons. The number of Topliss-reactive ketones (excluding diaryl/α,β-unsaturated/α-hetero) is 3. The Hall–Kier alpha value is -7.58. The lowest BCUT2D eigenvalue weighted by Gasteiger charge is -2.19. The SMILES string of the molecule is Cc1sc2c(c1C)C(c1ccc(Cl)cc1)=N[C@@H](CC(=O)C(C)(C)C)c1nnc(C)n1-2.Cc1sc2c(c1C)C(c1ccc(F)cc1)=N[C@@H](CC(=O)C(C)(C)C)c1nnc(C)n1-2.Cc1sc2c(c1C)C(c1ccccc1)=N[C@@H](CC(=O)C(C)(C)C)c1nnc(C)n1-2. The lowest BCUT2D eigenvalue weighted by Crippen LogP contribution is -2.23. The smallest absolute Gasteiger partial charge is 0.163 e. The molecule has 20 heteroatoms. The number of nitrogens with zero attached hydrogens (tertiary/aromatic N) is 12. The van der Waals surface area contributed by atoms with E-state index in [1.165, 1.54) is 37.9 Å². The number of hydrogen-bond donors (Lipinski definition) is 0. The van der Waals surface area contributed by atoms with Crippen LogP contribution in [0.15, 0.2) is 93.8 Å². The van der Waals surface area contributed by atoms with Crippen molar-refractivity contribution in [3.63, 3.8) is 0 Å². The molecule has 0 unspecified atom stereocenters. The maximum absolute atomic E-state index is 13.6. The fourth-order valence-electron chi connectivity index (χ4n) is 10.8. The van der Waals surface area contributed by atoms with Gasteiger partial charge in [-0.05, 0) is 115 Å². The summed E-state index contributed by atoms with van der Waals surface area (Å²) in [5, 5.41) is 30.1. The summed E-state index contributed by atoms with van der Waals surface area (Å²) in [6.45, 7) is 35.9. The molecule has 9 heterocycles. The Morgan fingerprint density at radius 1 is 0.427 bits per heavy atom. The molecule has 6 aromatic heterocycles. The molecule has 9 aromatic rings. The Bertz CT molecular complexity index is 4140. The molecular weight excluding hydrogens is 1200 g/mol. The van der Waals surface area contributed by atoms with Gasteiger partial charge in [-0.25, -0.2) is 4.39 Å². The normalized spacial score (nSPS) is 16.0. The van der Waals surface area contributed by atoms with E-state index in [1.54, 1.807) is 46.1 Å². The highest BCUT2D eigenvalue weighted by Crippen LogP contribution is 2.44. The predicted octanol–water partition coefficient (Wildman–Crippen LogP) is 16.2. The van der Waals surface area contributed by atoms with Crippen molar-refractivity contribution >= 4 is 80.1 Å². The van der Waals surface area contributed by atoms with Crippen LogP contribution in [-0.4, -0.2) is 78.8 Å². The van der Waals surface area contributed by atoms with E-state index in [9.17, 15) is 18.8 Å². The zero-order valence-electron chi connectivity index (χ0n) is 53.9. The van der Waals surface area contributed by atoms with Gasteiger partial charge in [-0.15, -0.1) is 64.6 Å². The number of halogens is 2. The van der Waals surface area contributed by atoms with Crippen molar-refractivity contribution in [3.8, 4) is 15.0 Å². The topological polar surface area (TPSA) is 180 Å². The van der Waals surface area contributed by atoms with Gasteiger partial charge in [0.15, 0.2) is 17.5 Å². The maximum Gasteiger partial charge on any atom is 0.163 e. The molecule has 3 aromatic carbocycles. The van der Waals surface area contributed by atoms with E-state index < -0.39 is 28.3 Å². The lowest BCUT2D eigenvalue weighted by atomic mass is 9.87. The molecule has 3 aliphatic heterocycles. The van der Waals surface area contributed by atoms with Gasteiger partial charge in [0, 0.05) is 88.5 Å². The highest BCUT2D eigenvalue weighted by atomic mass is 35.5. The number of carbonyl (C=O) groups is 3. The van der Waals surface area contributed by atoms with E-state index >= 15 is 0 Å². The molecule has 0 N–H and O–H groups in total. The van der Waals surface area contributed by atoms with Gasteiger partial charge >= 0.3 is 0 Å². The summed E-state index contributed by atoms with van der Waals surface area (Å²) in [6, 6.07) is 23.1. The third kappa shape index (κ3) is 12.7. The van der Waals surface area contributed by atoms with Crippen LogP contribution in [0.1, 0.15) is 199 Å². The van der Waals surface area contributed by atoms with Gasteiger partial charge in [-0.2, -0.15) is 0 Å². The quantitative estimate of drug-likeness (QED) is 0.136. The van der Waals surface area contributed by atoms with Gasteiger partial charge in [-0.3, -0.25) is 43.1 Å². The maximum atomic E-state index is 13.6. The molecule has 3 atom stereocenters. The standard InChI is InChI=1S/C23H25ClN4OS.C23H25FN4OS.C23H26N4OS/c2*1-12-13(2)30-22-19(12)20(15-7-9-16(24)10-8-15)25-17(11-18(29)23(4,5)6)21-27-26-14(3)28(21)22;1-13-14(2)29-22-19(13)20(16-10-8-7-9-11-16)24-17(12-18(28)23(4,5)6)21-26-25-15(3)27(21)22/h2*7-10,17H,11H2,1-6H3;7-11,17H,12H2,1-6H3/t3*17-/m000/s1. The first kappa shape index (κ1) is 64.4. The summed E-state index contributed by atoms with van der Waals surface area (Å²) in [6.07, 6.45) is 0.829. The van der Waals surface area contributed by atoms with Crippen molar-refractivity contribution in [2.75, 3.05) is 0 Å². The Kier molecular flexibility index (Phi) is 17.8. The second kappa shape index (κ2) is 24.7. The van der Waals surface area contributed by atoms with Crippen molar-refractivity contribution in [2.24, 2.45) is 31.2 Å².